The summed E-state index contributed by atoms with van der Waals surface area (Å²) in [7, 11) is 1.84. The smallest absolute Gasteiger partial charge is 0.224 e. The molecule has 1 saturated heterocycles. The van der Waals surface area contributed by atoms with E-state index in [9.17, 15) is 4.79 Å². The van der Waals surface area contributed by atoms with Gasteiger partial charge >= 0.3 is 0 Å². The van der Waals surface area contributed by atoms with Crippen LogP contribution in [-0.4, -0.2) is 47.9 Å². The van der Waals surface area contributed by atoms with E-state index in [1.807, 2.05) is 39.1 Å². The van der Waals surface area contributed by atoms with Crippen molar-refractivity contribution in [1.82, 2.24) is 10.2 Å². The summed E-state index contributed by atoms with van der Waals surface area (Å²) >= 11 is 2.06. The monoisotopic (exact) mass is 504 g/mol. The molecular weight excluding hydrogens is 471 g/mol. The summed E-state index contributed by atoms with van der Waals surface area (Å²) < 4.78 is 0. The second-order valence-electron chi connectivity index (χ2n) is 7.09. The maximum atomic E-state index is 12.0. The fourth-order valence-electron chi connectivity index (χ4n) is 3.01. The number of guanidine groups is 1. The largest absolute Gasteiger partial charge is 0.352 e. The Balaban J connectivity index is 0.00000364. The van der Waals surface area contributed by atoms with E-state index in [2.05, 4.69) is 45.3 Å². The van der Waals surface area contributed by atoms with Gasteiger partial charge < -0.3 is 15.5 Å². The highest BCUT2D eigenvalue weighted by Crippen LogP contribution is 2.21. The Bertz CT molecular complexity index is 624. The molecule has 0 aliphatic carbocycles. The van der Waals surface area contributed by atoms with Gasteiger partial charge in [-0.2, -0.15) is 11.8 Å². The van der Waals surface area contributed by atoms with Crippen molar-refractivity contribution in [2.45, 2.75) is 45.4 Å². The number of hydrogen-bond donors (Lipinski definition) is 2. The van der Waals surface area contributed by atoms with Crippen molar-refractivity contribution in [2.75, 3.05) is 31.2 Å². The summed E-state index contributed by atoms with van der Waals surface area (Å²) in [6, 6.07) is 8.01. The maximum Gasteiger partial charge on any atom is 0.224 e. The molecule has 1 aromatic rings. The molecule has 1 heterocycles. The van der Waals surface area contributed by atoms with Crippen LogP contribution in [0.15, 0.2) is 29.3 Å². The number of thioether (sulfide) groups is 1. The molecule has 1 aliphatic rings. The second-order valence-corrected chi connectivity index (χ2v) is 8.50. The Morgan fingerprint density at radius 3 is 2.85 bits per heavy atom. The summed E-state index contributed by atoms with van der Waals surface area (Å²) in [4.78, 5) is 18.8. The predicted octanol–water partition coefficient (Wildman–Crippen LogP) is 4.19. The lowest BCUT2D eigenvalue weighted by molar-refractivity contribution is -0.116. The normalized spacial score (nSPS) is 17.4. The van der Waals surface area contributed by atoms with Crippen LogP contribution in [0.3, 0.4) is 0 Å². The van der Waals surface area contributed by atoms with Crippen LogP contribution in [-0.2, 0) is 11.3 Å². The minimum absolute atomic E-state index is 0. The predicted molar refractivity (Wildman–Crippen MR) is 128 cm³/mol. The Kier molecular flexibility index (Phi) is 11.1. The van der Waals surface area contributed by atoms with Crippen LogP contribution in [0.2, 0.25) is 0 Å². The molecular formula is C20H33IN4OS. The van der Waals surface area contributed by atoms with E-state index in [-0.39, 0.29) is 29.9 Å². The molecule has 5 nitrogen and oxygen atoms in total. The van der Waals surface area contributed by atoms with Gasteiger partial charge in [-0.1, -0.05) is 32.9 Å². The van der Waals surface area contributed by atoms with Gasteiger partial charge in [-0.25, -0.2) is 0 Å². The molecule has 2 N–H and O–H groups in total. The Morgan fingerprint density at radius 2 is 2.19 bits per heavy atom. The highest BCUT2D eigenvalue weighted by atomic mass is 127. The number of halogens is 1. The first-order chi connectivity index (χ1) is 12.5. The minimum Gasteiger partial charge on any atom is -0.352 e. The molecule has 1 unspecified atom stereocenters. The van der Waals surface area contributed by atoms with Gasteiger partial charge in [0.1, 0.15) is 0 Å². The summed E-state index contributed by atoms with van der Waals surface area (Å²) in [5, 5.41) is 7.13. The first-order valence-electron chi connectivity index (χ1n) is 9.47. The molecule has 0 radical (unpaired) electrons. The molecule has 0 spiro atoms. The van der Waals surface area contributed by atoms with Crippen molar-refractivity contribution in [3.05, 3.63) is 29.8 Å². The van der Waals surface area contributed by atoms with Crippen LogP contribution in [0.4, 0.5) is 5.69 Å². The van der Waals surface area contributed by atoms with Gasteiger partial charge in [0.05, 0.1) is 0 Å². The number of amides is 1. The fourth-order valence-corrected chi connectivity index (χ4v) is 4.19. The van der Waals surface area contributed by atoms with Gasteiger partial charge in [0, 0.05) is 49.8 Å². The van der Waals surface area contributed by atoms with Crippen molar-refractivity contribution in [3.63, 3.8) is 0 Å². The van der Waals surface area contributed by atoms with Gasteiger partial charge in [0.15, 0.2) is 5.96 Å². The molecule has 0 aromatic heterocycles. The number of nitrogens with zero attached hydrogens (tertiary/aromatic N) is 2. The SMILES string of the molecule is CCC1CN(C(=NC)NCc2cccc(NC(=O)CC(C)C)c2)CCS1.I. The average molecular weight is 504 g/mol. The molecule has 152 valence electrons. The van der Waals surface area contributed by atoms with E-state index >= 15 is 0 Å². The van der Waals surface area contributed by atoms with Crippen LogP contribution in [0, 0.1) is 5.92 Å². The molecule has 1 aliphatic heterocycles. The van der Waals surface area contributed by atoms with Gasteiger partial charge in [0.2, 0.25) is 5.91 Å². The lowest BCUT2D eigenvalue weighted by atomic mass is 10.1. The number of carbonyl (C=O) groups excluding carboxylic acids is 1. The third-order valence-corrected chi connectivity index (χ3v) is 5.73. The summed E-state index contributed by atoms with van der Waals surface area (Å²) in [6.45, 7) is 9.12. The molecule has 1 aromatic carbocycles. The number of aliphatic imine (C=N–C) groups is 1. The number of carbonyl (C=O) groups is 1. The molecule has 7 heteroatoms. The Hall–Kier alpha value is -0.960. The van der Waals surface area contributed by atoms with Crippen molar-refractivity contribution in [2.24, 2.45) is 10.9 Å². The van der Waals surface area contributed by atoms with Gasteiger partial charge in [-0.3, -0.25) is 9.79 Å². The zero-order chi connectivity index (χ0) is 18.9. The minimum atomic E-state index is 0. The number of nitrogens with one attached hydrogen (secondary N) is 2. The number of benzene rings is 1. The van der Waals surface area contributed by atoms with E-state index in [0.29, 0.717) is 24.1 Å². The van der Waals surface area contributed by atoms with Crippen molar-refractivity contribution in [3.8, 4) is 0 Å². The standard InChI is InChI=1S/C20H32N4OS.HI/c1-5-18-14-24(9-10-26-18)20(21-4)22-13-16-7-6-8-17(12-16)23-19(25)11-15(2)3;/h6-8,12,15,18H,5,9-11,13-14H2,1-4H3,(H,21,22)(H,23,25);1H. The van der Waals surface area contributed by atoms with E-state index < -0.39 is 0 Å². The van der Waals surface area contributed by atoms with Crippen molar-refractivity contribution in [1.29, 1.82) is 0 Å². The average Bonchev–Trinajstić information content (AvgIpc) is 2.62. The van der Waals surface area contributed by atoms with Crippen molar-refractivity contribution < 1.29 is 4.79 Å². The third-order valence-electron chi connectivity index (χ3n) is 4.36. The van der Waals surface area contributed by atoms with Crippen LogP contribution < -0.4 is 10.6 Å². The summed E-state index contributed by atoms with van der Waals surface area (Å²) in [5.74, 6) is 2.53. The van der Waals surface area contributed by atoms with E-state index in [1.54, 1.807) is 0 Å². The van der Waals surface area contributed by atoms with E-state index in [0.717, 1.165) is 36.1 Å². The van der Waals surface area contributed by atoms with Crippen LogP contribution in [0.5, 0.6) is 0 Å². The zero-order valence-corrected chi connectivity index (χ0v) is 20.0. The Labute approximate surface area is 185 Å². The topological polar surface area (TPSA) is 56.7 Å². The third kappa shape index (κ3) is 8.29. The molecule has 0 bridgehead atoms. The second kappa shape index (κ2) is 12.5. The number of hydrogen-bond acceptors (Lipinski definition) is 3. The van der Waals surface area contributed by atoms with Crippen LogP contribution >= 0.6 is 35.7 Å². The van der Waals surface area contributed by atoms with Crippen LogP contribution in [0.25, 0.3) is 0 Å². The van der Waals surface area contributed by atoms with E-state index in [1.165, 1.54) is 6.42 Å². The number of anilines is 1. The molecule has 1 atom stereocenters. The van der Waals surface area contributed by atoms with E-state index in [4.69, 9.17) is 0 Å². The lowest BCUT2D eigenvalue weighted by Gasteiger charge is -2.34. The lowest BCUT2D eigenvalue weighted by Crippen LogP contribution is -2.47. The van der Waals surface area contributed by atoms with Gasteiger partial charge in [-0.05, 0) is 30.0 Å². The summed E-state index contributed by atoms with van der Waals surface area (Å²) in [6.07, 6.45) is 1.73. The van der Waals surface area contributed by atoms with Gasteiger partial charge in [0.25, 0.3) is 0 Å². The van der Waals surface area contributed by atoms with Gasteiger partial charge in [-0.15, -0.1) is 24.0 Å². The maximum absolute atomic E-state index is 12.0. The molecule has 27 heavy (non-hydrogen) atoms. The Morgan fingerprint density at radius 1 is 1.41 bits per heavy atom. The molecule has 0 saturated carbocycles. The number of rotatable bonds is 6. The first kappa shape index (κ1) is 24.1. The zero-order valence-electron chi connectivity index (χ0n) is 16.8. The van der Waals surface area contributed by atoms with Crippen molar-refractivity contribution >= 4 is 53.3 Å². The molecule has 1 amide bonds. The molecule has 2 rings (SSSR count). The van der Waals surface area contributed by atoms with Crippen LogP contribution in [0.1, 0.15) is 39.2 Å². The summed E-state index contributed by atoms with van der Waals surface area (Å²) in [5.41, 5.74) is 1.98. The molecule has 1 fully saturated rings. The quantitative estimate of drug-likeness (QED) is 0.347. The highest BCUT2D eigenvalue weighted by molar-refractivity contribution is 14.0. The first-order valence-corrected chi connectivity index (χ1v) is 10.5. The highest BCUT2D eigenvalue weighted by Gasteiger charge is 2.21. The fraction of sp³-hybridized carbons (Fsp3) is 0.600.